The zero-order chi connectivity index (χ0) is 43.6. The first-order chi connectivity index (χ1) is 32.8. The molecule has 2 aliphatic rings. The highest BCUT2D eigenvalue weighted by Gasteiger charge is 2.26. The largest absolute Gasteiger partial charge is 0.341 e. The van der Waals surface area contributed by atoms with E-state index in [2.05, 4.69) is 228 Å². The minimum atomic E-state index is 0.982. The fourth-order valence-electron chi connectivity index (χ4n) is 11.5. The van der Waals surface area contributed by atoms with E-state index >= 15 is 0 Å². The summed E-state index contributed by atoms with van der Waals surface area (Å²) in [7, 11) is 0. The molecule has 0 aromatic heterocycles. The lowest BCUT2D eigenvalue weighted by Crippen LogP contribution is -2.24. The number of rotatable bonds is 6. The molecule has 0 bridgehead atoms. The van der Waals surface area contributed by atoms with Crippen LogP contribution in [-0.2, 0) is 12.8 Å². The van der Waals surface area contributed by atoms with Crippen molar-refractivity contribution in [1.82, 2.24) is 0 Å². The number of nitrogens with zero attached hydrogens (tertiary/aromatic N) is 2. The van der Waals surface area contributed by atoms with Crippen LogP contribution in [0.3, 0.4) is 0 Å². The van der Waals surface area contributed by atoms with E-state index in [0.29, 0.717) is 0 Å². The molecule has 11 aromatic carbocycles. The molecule has 0 unspecified atom stereocenters. The highest BCUT2D eigenvalue weighted by Crippen LogP contribution is 2.51. The van der Waals surface area contributed by atoms with Gasteiger partial charge in [0.1, 0.15) is 0 Å². The summed E-state index contributed by atoms with van der Waals surface area (Å²) in [6.45, 7) is 1.96. The fourth-order valence-corrected chi connectivity index (χ4v) is 11.5. The molecule has 0 spiro atoms. The summed E-state index contributed by atoms with van der Waals surface area (Å²) in [4.78, 5) is 5.12. The maximum absolute atomic E-state index is 2.56. The Bertz CT molecular complexity index is 3440. The van der Waals surface area contributed by atoms with Gasteiger partial charge >= 0.3 is 0 Å². The third kappa shape index (κ3) is 6.31. The smallest absolute Gasteiger partial charge is 0.0443 e. The van der Waals surface area contributed by atoms with Gasteiger partial charge in [0.2, 0.25) is 0 Å². The summed E-state index contributed by atoms with van der Waals surface area (Å²) >= 11 is 0. The minimum Gasteiger partial charge on any atom is -0.341 e. The molecular weight excluding hydrogens is 797 g/mol. The molecule has 0 saturated heterocycles. The maximum Gasteiger partial charge on any atom is 0.0443 e. The average molecular weight is 845 g/mol. The van der Waals surface area contributed by atoms with E-state index in [1.54, 1.807) is 0 Å². The highest BCUT2D eigenvalue weighted by molar-refractivity contribution is 6.25. The quantitative estimate of drug-likeness (QED) is 0.154. The number of anilines is 4. The summed E-state index contributed by atoms with van der Waals surface area (Å²) in [5.41, 5.74) is 17.9. The molecule has 11 aromatic rings. The Labute approximate surface area is 386 Å². The molecule has 0 aliphatic carbocycles. The van der Waals surface area contributed by atoms with Crippen LogP contribution in [0.2, 0.25) is 0 Å². The van der Waals surface area contributed by atoms with Crippen LogP contribution in [0.4, 0.5) is 22.7 Å². The van der Waals surface area contributed by atoms with Gasteiger partial charge < -0.3 is 9.80 Å². The molecule has 2 heteroatoms. The molecular formula is C64H48N2. The molecule has 66 heavy (non-hydrogen) atoms. The van der Waals surface area contributed by atoms with Gasteiger partial charge in [0, 0.05) is 35.8 Å². The van der Waals surface area contributed by atoms with Crippen molar-refractivity contribution in [3.8, 4) is 44.5 Å². The molecule has 0 radical (unpaired) electrons. The van der Waals surface area contributed by atoms with E-state index in [0.717, 1.165) is 38.8 Å². The van der Waals surface area contributed by atoms with Gasteiger partial charge in [0.15, 0.2) is 0 Å². The summed E-state index contributed by atoms with van der Waals surface area (Å²) in [6.07, 6.45) is 4.45. The van der Waals surface area contributed by atoms with Crippen molar-refractivity contribution >= 4 is 65.8 Å². The highest BCUT2D eigenvalue weighted by atomic mass is 15.1. The molecule has 0 amide bonds. The number of para-hydroxylation sites is 2. The van der Waals surface area contributed by atoms with Crippen LogP contribution in [0, 0.1) is 0 Å². The van der Waals surface area contributed by atoms with Gasteiger partial charge in [-0.15, -0.1) is 0 Å². The van der Waals surface area contributed by atoms with Crippen molar-refractivity contribution in [2.75, 3.05) is 22.9 Å². The SMILES string of the molecule is c1ccc2c(c1)CCCN2c1ccc2c(-c3ccccc3-c3cccc4ccccc34)c3cc(N4CCCc5ccccc54)ccc3c(-c3ccccc3-c3cccc4ccccc34)c2c1. The van der Waals surface area contributed by atoms with Crippen LogP contribution in [0.1, 0.15) is 24.0 Å². The Morgan fingerprint density at radius 2 is 0.652 bits per heavy atom. The van der Waals surface area contributed by atoms with E-state index in [4.69, 9.17) is 0 Å². The Morgan fingerprint density at radius 3 is 1.14 bits per heavy atom. The molecule has 0 fully saturated rings. The number of benzene rings is 11. The van der Waals surface area contributed by atoms with Crippen LogP contribution < -0.4 is 9.80 Å². The number of fused-ring (bicyclic) bond motifs is 6. The summed E-state index contributed by atoms with van der Waals surface area (Å²) in [5.74, 6) is 0. The normalized spacial score (nSPS) is 13.6. The summed E-state index contributed by atoms with van der Waals surface area (Å²) in [6, 6.07) is 82.2. The second kappa shape index (κ2) is 15.9. The first-order valence-electron chi connectivity index (χ1n) is 23.7. The average Bonchev–Trinajstić information content (AvgIpc) is 3.39. The van der Waals surface area contributed by atoms with Crippen LogP contribution in [0.5, 0.6) is 0 Å². The fraction of sp³-hybridized carbons (Fsp3) is 0.0938. The van der Waals surface area contributed by atoms with Crippen LogP contribution in [-0.4, -0.2) is 13.1 Å². The first kappa shape index (κ1) is 38.5. The van der Waals surface area contributed by atoms with Gasteiger partial charge in [-0.3, -0.25) is 0 Å². The minimum absolute atomic E-state index is 0.982. The zero-order valence-corrected chi connectivity index (χ0v) is 36.9. The van der Waals surface area contributed by atoms with Gasteiger partial charge in [-0.25, -0.2) is 0 Å². The van der Waals surface area contributed by atoms with Crippen LogP contribution in [0.15, 0.2) is 218 Å². The van der Waals surface area contributed by atoms with Gasteiger partial charge in [0.25, 0.3) is 0 Å². The first-order valence-corrected chi connectivity index (χ1v) is 23.7. The number of hydrogen-bond donors (Lipinski definition) is 0. The van der Waals surface area contributed by atoms with Crippen molar-refractivity contribution in [3.05, 3.63) is 230 Å². The lowest BCUT2D eigenvalue weighted by atomic mass is 9.81. The maximum atomic E-state index is 2.56. The Morgan fingerprint density at radius 1 is 0.273 bits per heavy atom. The van der Waals surface area contributed by atoms with Gasteiger partial charge in [-0.05, 0) is 161 Å². The Hall–Kier alpha value is -7.94. The van der Waals surface area contributed by atoms with Gasteiger partial charge in [0.05, 0.1) is 0 Å². The monoisotopic (exact) mass is 844 g/mol. The van der Waals surface area contributed by atoms with Gasteiger partial charge in [-0.1, -0.05) is 182 Å². The van der Waals surface area contributed by atoms with Crippen LogP contribution >= 0.6 is 0 Å². The van der Waals surface area contributed by atoms with Crippen molar-refractivity contribution < 1.29 is 0 Å². The van der Waals surface area contributed by atoms with Gasteiger partial charge in [-0.2, -0.15) is 0 Å². The molecule has 2 nitrogen and oxygen atoms in total. The van der Waals surface area contributed by atoms with Crippen molar-refractivity contribution in [2.24, 2.45) is 0 Å². The lowest BCUT2D eigenvalue weighted by Gasteiger charge is -2.33. The van der Waals surface area contributed by atoms with E-state index < -0.39 is 0 Å². The predicted octanol–water partition coefficient (Wildman–Crippen LogP) is 17.1. The molecule has 2 heterocycles. The number of aryl methyl sites for hydroxylation is 2. The van der Waals surface area contributed by atoms with Crippen LogP contribution in [0.25, 0.3) is 87.6 Å². The number of hydrogen-bond acceptors (Lipinski definition) is 2. The molecule has 0 atom stereocenters. The second-order valence-electron chi connectivity index (χ2n) is 18.1. The van der Waals surface area contributed by atoms with E-state index in [1.165, 1.54) is 121 Å². The molecule has 0 N–H and O–H groups in total. The standard InChI is InChI=1S/C64H48N2/c1-5-25-49-43(17-1)21-13-31-51(49)53-27-7-9-29-55(53)63-57-37-35-48(66-40-16-24-46-20-4-12-34-62(46)66)42-60(57)64(56-30-10-8-28-54(56)52-32-14-22-44-18-2-6-26-50(44)52)58-38-36-47(41-59(58)63)65-39-15-23-45-19-3-11-33-61(45)65/h1-14,17-22,25-38,41-42H,15-16,23-24,39-40H2. The summed E-state index contributed by atoms with van der Waals surface area (Å²) in [5, 5.41) is 10.0. The summed E-state index contributed by atoms with van der Waals surface area (Å²) < 4.78 is 0. The Balaban J connectivity index is 1.17. The van der Waals surface area contributed by atoms with E-state index in [-0.39, 0.29) is 0 Å². The molecule has 2 aliphatic heterocycles. The third-order valence-corrected chi connectivity index (χ3v) is 14.5. The van der Waals surface area contributed by atoms with Crippen molar-refractivity contribution in [1.29, 1.82) is 0 Å². The van der Waals surface area contributed by atoms with E-state index in [9.17, 15) is 0 Å². The van der Waals surface area contributed by atoms with Crippen molar-refractivity contribution in [2.45, 2.75) is 25.7 Å². The third-order valence-electron chi connectivity index (χ3n) is 14.5. The zero-order valence-electron chi connectivity index (χ0n) is 36.9. The molecule has 13 rings (SSSR count). The lowest BCUT2D eigenvalue weighted by molar-refractivity contribution is 0.767. The molecule has 314 valence electrons. The molecule has 0 saturated carbocycles. The predicted molar refractivity (Wildman–Crippen MR) is 282 cm³/mol. The topological polar surface area (TPSA) is 6.48 Å². The van der Waals surface area contributed by atoms with E-state index in [1.807, 2.05) is 0 Å². The van der Waals surface area contributed by atoms with Crippen molar-refractivity contribution in [3.63, 3.8) is 0 Å². The Kier molecular flexibility index (Phi) is 9.30. The second-order valence-corrected chi connectivity index (χ2v) is 18.1.